The van der Waals surface area contributed by atoms with Gasteiger partial charge in [-0.1, -0.05) is 12.1 Å². The summed E-state index contributed by atoms with van der Waals surface area (Å²) in [7, 11) is 0. The molecule has 2 N–H and O–H groups in total. The molecule has 0 spiro atoms. The molecule has 0 bridgehead atoms. The van der Waals surface area contributed by atoms with E-state index < -0.39 is 0 Å². The maximum atomic E-state index is 12.8. The summed E-state index contributed by atoms with van der Waals surface area (Å²) in [5.74, 6) is 0.845. The molecule has 7 nitrogen and oxygen atoms in total. The second-order valence-electron chi connectivity index (χ2n) is 8.62. The zero-order valence-electron chi connectivity index (χ0n) is 19.1. The van der Waals surface area contributed by atoms with Gasteiger partial charge in [0.1, 0.15) is 0 Å². The maximum Gasteiger partial charge on any atom is 0.254 e. The SMILES string of the molecule is CCNC(=NCc1ccc(C(=O)N2CC(C)OC(C)C2)cc1)NCC1(C)CCCO1.I. The number of rotatable bonds is 6. The van der Waals surface area contributed by atoms with Crippen LogP contribution in [0.5, 0.6) is 0 Å². The highest BCUT2D eigenvalue weighted by Crippen LogP contribution is 2.23. The molecule has 174 valence electrons. The molecule has 3 unspecified atom stereocenters. The number of hydrogen-bond donors (Lipinski definition) is 2. The molecular formula is C23H37IN4O3. The fourth-order valence-corrected chi connectivity index (χ4v) is 4.04. The lowest BCUT2D eigenvalue weighted by molar-refractivity contribution is -0.0586. The molecule has 1 aromatic rings. The molecule has 3 atom stereocenters. The van der Waals surface area contributed by atoms with Gasteiger partial charge in [-0.05, 0) is 58.2 Å². The van der Waals surface area contributed by atoms with Gasteiger partial charge in [-0.3, -0.25) is 4.79 Å². The first-order valence-electron chi connectivity index (χ1n) is 11.1. The Morgan fingerprint density at radius 3 is 2.45 bits per heavy atom. The molecule has 2 aliphatic rings. The second kappa shape index (κ2) is 12.0. The Labute approximate surface area is 203 Å². The summed E-state index contributed by atoms with van der Waals surface area (Å²) < 4.78 is 11.6. The van der Waals surface area contributed by atoms with Gasteiger partial charge in [0.25, 0.3) is 5.91 Å². The predicted octanol–water partition coefficient (Wildman–Crippen LogP) is 3.18. The number of hydrogen-bond acceptors (Lipinski definition) is 4. The van der Waals surface area contributed by atoms with Crippen LogP contribution in [-0.2, 0) is 16.0 Å². The Morgan fingerprint density at radius 1 is 1.19 bits per heavy atom. The average Bonchev–Trinajstić information content (AvgIpc) is 3.16. The van der Waals surface area contributed by atoms with Gasteiger partial charge in [0, 0.05) is 38.3 Å². The van der Waals surface area contributed by atoms with Gasteiger partial charge in [0.2, 0.25) is 0 Å². The third-order valence-electron chi connectivity index (χ3n) is 5.60. The predicted molar refractivity (Wildman–Crippen MR) is 134 cm³/mol. The lowest BCUT2D eigenvalue weighted by Gasteiger charge is -2.35. The van der Waals surface area contributed by atoms with E-state index in [4.69, 9.17) is 9.47 Å². The third kappa shape index (κ3) is 7.61. The van der Waals surface area contributed by atoms with E-state index in [-0.39, 0.29) is 47.7 Å². The molecule has 2 fully saturated rings. The smallest absolute Gasteiger partial charge is 0.254 e. The van der Waals surface area contributed by atoms with Crippen molar-refractivity contribution in [2.24, 2.45) is 4.99 Å². The van der Waals surface area contributed by atoms with Crippen LogP contribution in [0, 0.1) is 0 Å². The van der Waals surface area contributed by atoms with E-state index in [0.29, 0.717) is 25.2 Å². The molecule has 0 aromatic heterocycles. The summed E-state index contributed by atoms with van der Waals surface area (Å²) in [5.41, 5.74) is 1.66. The Bertz CT molecular complexity index is 725. The molecule has 0 aliphatic carbocycles. The summed E-state index contributed by atoms with van der Waals surface area (Å²) in [6.45, 7) is 12.4. The van der Waals surface area contributed by atoms with Crippen molar-refractivity contribution in [3.05, 3.63) is 35.4 Å². The topological polar surface area (TPSA) is 75.2 Å². The van der Waals surface area contributed by atoms with E-state index in [1.807, 2.05) is 43.0 Å². The van der Waals surface area contributed by atoms with E-state index in [1.165, 1.54) is 0 Å². The fraction of sp³-hybridized carbons (Fsp3) is 0.652. The number of ether oxygens (including phenoxy) is 2. The number of morpholine rings is 1. The molecule has 31 heavy (non-hydrogen) atoms. The van der Waals surface area contributed by atoms with Gasteiger partial charge in [-0.25, -0.2) is 4.99 Å². The first-order chi connectivity index (χ1) is 14.4. The van der Waals surface area contributed by atoms with Crippen LogP contribution in [0.2, 0.25) is 0 Å². The Hall–Kier alpha value is -1.39. The van der Waals surface area contributed by atoms with Gasteiger partial charge in [0.05, 0.1) is 24.4 Å². The quantitative estimate of drug-likeness (QED) is 0.327. The number of benzene rings is 1. The first kappa shape index (κ1) is 25.9. The summed E-state index contributed by atoms with van der Waals surface area (Å²) in [6, 6.07) is 7.75. The largest absolute Gasteiger partial charge is 0.373 e. The van der Waals surface area contributed by atoms with Crippen LogP contribution in [0.4, 0.5) is 0 Å². The maximum absolute atomic E-state index is 12.8. The molecular weight excluding hydrogens is 507 g/mol. The van der Waals surface area contributed by atoms with Crippen LogP contribution in [0.25, 0.3) is 0 Å². The highest BCUT2D eigenvalue weighted by Gasteiger charge is 2.29. The number of carbonyl (C=O) groups excluding carboxylic acids is 1. The molecule has 8 heteroatoms. The van der Waals surface area contributed by atoms with Gasteiger partial charge in [0.15, 0.2) is 5.96 Å². The zero-order valence-corrected chi connectivity index (χ0v) is 21.5. The normalized spacial score (nSPS) is 26.3. The minimum Gasteiger partial charge on any atom is -0.373 e. The Balaban J connectivity index is 0.00000341. The van der Waals surface area contributed by atoms with Crippen LogP contribution in [0.1, 0.15) is 56.5 Å². The van der Waals surface area contributed by atoms with Crippen LogP contribution >= 0.6 is 24.0 Å². The number of aliphatic imine (C=N–C) groups is 1. The van der Waals surface area contributed by atoms with Gasteiger partial charge in [-0.15, -0.1) is 24.0 Å². The standard InChI is InChI=1S/C23H36N4O3.HI/c1-5-24-22(26-16-23(4)11-6-12-29-23)25-13-19-7-9-20(10-8-19)21(28)27-14-17(2)30-18(3)15-27;/h7-10,17-18H,5-6,11-16H2,1-4H3,(H2,24,25,26);1H. The van der Waals surface area contributed by atoms with Crippen LogP contribution in [0.3, 0.4) is 0 Å². The average molecular weight is 544 g/mol. The van der Waals surface area contributed by atoms with Crippen molar-refractivity contribution in [2.75, 3.05) is 32.8 Å². The third-order valence-corrected chi connectivity index (χ3v) is 5.60. The van der Waals surface area contributed by atoms with Crippen molar-refractivity contribution in [3.8, 4) is 0 Å². The van der Waals surface area contributed by atoms with Gasteiger partial charge in [-0.2, -0.15) is 0 Å². The zero-order chi connectivity index (χ0) is 21.6. The summed E-state index contributed by atoms with van der Waals surface area (Å²) in [6.07, 6.45) is 2.31. The minimum absolute atomic E-state index is 0. The Kier molecular flexibility index (Phi) is 10.0. The van der Waals surface area contributed by atoms with Crippen LogP contribution < -0.4 is 10.6 Å². The van der Waals surface area contributed by atoms with Crippen molar-refractivity contribution in [3.63, 3.8) is 0 Å². The van der Waals surface area contributed by atoms with E-state index in [9.17, 15) is 4.79 Å². The molecule has 2 saturated heterocycles. The lowest BCUT2D eigenvalue weighted by Crippen LogP contribution is -2.48. The van der Waals surface area contributed by atoms with Crippen molar-refractivity contribution >= 4 is 35.8 Å². The molecule has 2 aliphatic heterocycles. The van der Waals surface area contributed by atoms with E-state index in [2.05, 4.69) is 29.5 Å². The number of nitrogens with one attached hydrogen (secondary N) is 2. The summed E-state index contributed by atoms with van der Waals surface area (Å²) in [5, 5.41) is 6.68. The molecule has 0 saturated carbocycles. The number of amides is 1. The molecule has 0 radical (unpaired) electrons. The van der Waals surface area contributed by atoms with Crippen molar-refractivity contribution in [1.82, 2.24) is 15.5 Å². The fourth-order valence-electron chi connectivity index (χ4n) is 4.04. The monoisotopic (exact) mass is 544 g/mol. The molecule has 1 aromatic carbocycles. The minimum atomic E-state index is -0.118. The number of guanidine groups is 1. The molecule has 3 rings (SSSR count). The van der Waals surface area contributed by atoms with Crippen molar-refractivity contribution < 1.29 is 14.3 Å². The molecule has 2 heterocycles. The second-order valence-corrected chi connectivity index (χ2v) is 8.62. The van der Waals surface area contributed by atoms with E-state index >= 15 is 0 Å². The molecule has 1 amide bonds. The van der Waals surface area contributed by atoms with Crippen molar-refractivity contribution in [2.45, 2.75) is 64.9 Å². The number of carbonyl (C=O) groups is 1. The summed E-state index contributed by atoms with van der Waals surface area (Å²) >= 11 is 0. The lowest BCUT2D eigenvalue weighted by atomic mass is 10.0. The summed E-state index contributed by atoms with van der Waals surface area (Å²) in [4.78, 5) is 19.4. The van der Waals surface area contributed by atoms with E-state index in [0.717, 1.165) is 44.1 Å². The first-order valence-corrected chi connectivity index (χ1v) is 11.1. The number of nitrogens with zero attached hydrogens (tertiary/aromatic N) is 2. The highest BCUT2D eigenvalue weighted by atomic mass is 127. The van der Waals surface area contributed by atoms with Gasteiger partial charge < -0.3 is 25.0 Å². The van der Waals surface area contributed by atoms with Crippen molar-refractivity contribution in [1.29, 1.82) is 0 Å². The van der Waals surface area contributed by atoms with Crippen LogP contribution in [0.15, 0.2) is 29.3 Å². The van der Waals surface area contributed by atoms with Crippen LogP contribution in [-0.4, -0.2) is 67.4 Å². The van der Waals surface area contributed by atoms with E-state index in [1.54, 1.807) is 0 Å². The highest BCUT2D eigenvalue weighted by molar-refractivity contribution is 14.0. The Morgan fingerprint density at radius 2 is 1.87 bits per heavy atom. The van der Waals surface area contributed by atoms with Gasteiger partial charge >= 0.3 is 0 Å². The number of halogens is 1.